The van der Waals surface area contributed by atoms with Crippen molar-refractivity contribution >= 4 is 11.6 Å². The van der Waals surface area contributed by atoms with E-state index in [1.54, 1.807) is 6.07 Å². The second-order valence-electron chi connectivity index (χ2n) is 6.19. The van der Waals surface area contributed by atoms with Gasteiger partial charge in [-0.15, -0.1) is 0 Å². The topological polar surface area (TPSA) is 49.3 Å². The van der Waals surface area contributed by atoms with Crippen LogP contribution in [0.3, 0.4) is 0 Å². The summed E-state index contributed by atoms with van der Waals surface area (Å²) >= 11 is 0. The van der Waals surface area contributed by atoms with Crippen LogP contribution in [0.5, 0.6) is 5.75 Å². The van der Waals surface area contributed by atoms with Crippen LogP contribution in [0.4, 0.5) is 5.69 Å². The Kier molecular flexibility index (Phi) is 4.32. The molecule has 0 atom stereocenters. The maximum absolute atomic E-state index is 12.1. The quantitative estimate of drug-likeness (QED) is 0.840. The molecule has 2 aromatic carbocycles. The molecular formula is C18H21NO2. The van der Waals surface area contributed by atoms with Gasteiger partial charge in [-0.2, -0.15) is 0 Å². The first-order valence-corrected chi connectivity index (χ1v) is 7.03. The van der Waals surface area contributed by atoms with Crippen molar-refractivity contribution in [2.75, 3.05) is 5.32 Å². The molecular weight excluding hydrogens is 262 g/mol. The van der Waals surface area contributed by atoms with Crippen LogP contribution < -0.4 is 5.32 Å². The third kappa shape index (κ3) is 4.09. The van der Waals surface area contributed by atoms with Gasteiger partial charge in [0.05, 0.1) is 12.1 Å². The van der Waals surface area contributed by atoms with Gasteiger partial charge in [-0.1, -0.05) is 57.2 Å². The van der Waals surface area contributed by atoms with Crippen LogP contribution in [0.15, 0.2) is 48.5 Å². The molecule has 2 rings (SSSR count). The number of phenols is 1. The summed E-state index contributed by atoms with van der Waals surface area (Å²) in [4.78, 5) is 12.1. The summed E-state index contributed by atoms with van der Waals surface area (Å²) < 4.78 is 0. The minimum atomic E-state index is -0.137. The van der Waals surface area contributed by atoms with Gasteiger partial charge in [0.1, 0.15) is 5.75 Å². The summed E-state index contributed by atoms with van der Waals surface area (Å²) in [5.74, 6) is -0.0491. The lowest BCUT2D eigenvalue weighted by Crippen LogP contribution is -2.16. The van der Waals surface area contributed by atoms with Gasteiger partial charge in [0.2, 0.25) is 5.91 Å². The molecule has 0 heterocycles. The van der Waals surface area contributed by atoms with Gasteiger partial charge in [-0.05, 0) is 28.7 Å². The fourth-order valence-corrected chi connectivity index (χ4v) is 2.08. The highest BCUT2D eigenvalue weighted by molar-refractivity contribution is 5.93. The zero-order chi connectivity index (χ0) is 15.5. The highest BCUT2D eigenvalue weighted by Gasteiger charge is 2.16. The molecule has 0 aliphatic heterocycles. The summed E-state index contributed by atoms with van der Waals surface area (Å²) in [6.45, 7) is 6.28. The molecule has 0 aliphatic carbocycles. The third-order valence-corrected chi connectivity index (χ3v) is 3.34. The molecule has 110 valence electrons. The van der Waals surface area contributed by atoms with Crippen molar-refractivity contribution in [1.29, 1.82) is 0 Å². The second-order valence-corrected chi connectivity index (χ2v) is 6.19. The Morgan fingerprint density at radius 3 is 2.38 bits per heavy atom. The van der Waals surface area contributed by atoms with Crippen molar-refractivity contribution in [3.63, 3.8) is 0 Å². The number of rotatable bonds is 3. The van der Waals surface area contributed by atoms with Gasteiger partial charge in [0, 0.05) is 0 Å². The van der Waals surface area contributed by atoms with Gasteiger partial charge >= 0.3 is 0 Å². The molecule has 3 heteroatoms. The number of carbonyl (C=O) groups is 1. The van der Waals surface area contributed by atoms with Gasteiger partial charge in [0.15, 0.2) is 0 Å². The molecule has 2 aromatic rings. The largest absolute Gasteiger partial charge is 0.506 e. The average molecular weight is 283 g/mol. The molecule has 0 spiro atoms. The van der Waals surface area contributed by atoms with Crippen LogP contribution in [0.1, 0.15) is 31.9 Å². The van der Waals surface area contributed by atoms with Crippen molar-refractivity contribution < 1.29 is 9.90 Å². The predicted octanol–water partition coefficient (Wildman–Crippen LogP) is 3.87. The van der Waals surface area contributed by atoms with Crippen LogP contribution in [0.25, 0.3) is 0 Å². The minimum Gasteiger partial charge on any atom is -0.506 e. The summed E-state index contributed by atoms with van der Waals surface area (Å²) in [5, 5.41) is 12.7. The zero-order valence-corrected chi connectivity index (χ0v) is 12.7. The fourth-order valence-electron chi connectivity index (χ4n) is 2.08. The smallest absolute Gasteiger partial charge is 0.228 e. The zero-order valence-electron chi connectivity index (χ0n) is 12.7. The number of benzene rings is 2. The molecule has 2 N–H and O–H groups in total. The number of hydrogen-bond acceptors (Lipinski definition) is 2. The van der Waals surface area contributed by atoms with Gasteiger partial charge in [0.25, 0.3) is 0 Å². The molecule has 21 heavy (non-hydrogen) atoms. The lowest BCUT2D eigenvalue weighted by Gasteiger charge is -2.20. The standard InChI is InChI=1S/C18H21NO2/c1-18(2,3)14-9-10-16(20)15(12-14)19-17(21)11-13-7-5-4-6-8-13/h4-10,12,20H,11H2,1-3H3,(H,19,21). The molecule has 0 saturated heterocycles. The Morgan fingerprint density at radius 2 is 1.76 bits per heavy atom. The highest BCUT2D eigenvalue weighted by Crippen LogP contribution is 2.30. The van der Waals surface area contributed by atoms with E-state index in [4.69, 9.17) is 0 Å². The molecule has 0 bridgehead atoms. The van der Waals surface area contributed by atoms with Crippen molar-refractivity contribution in [1.82, 2.24) is 0 Å². The van der Waals surface area contributed by atoms with Crippen LogP contribution in [0.2, 0.25) is 0 Å². The van der Waals surface area contributed by atoms with E-state index in [2.05, 4.69) is 26.1 Å². The van der Waals surface area contributed by atoms with E-state index in [0.29, 0.717) is 12.1 Å². The second kappa shape index (κ2) is 6.00. The summed E-state index contributed by atoms with van der Waals surface area (Å²) in [6.07, 6.45) is 0.292. The van der Waals surface area contributed by atoms with Crippen molar-refractivity contribution in [3.8, 4) is 5.75 Å². The summed E-state index contributed by atoms with van der Waals surface area (Å²) in [5.41, 5.74) is 2.44. The lowest BCUT2D eigenvalue weighted by atomic mass is 9.87. The Labute approximate surface area is 125 Å². The Bertz CT molecular complexity index is 627. The van der Waals surface area contributed by atoms with E-state index in [0.717, 1.165) is 11.1 Å². The maximum Gasteiger partial charge on any atom is 0.228 e. The molecule has 3 nitrogen and oxygen atoms in total. The Hall–Kier alpha value is -2.29. The molecule has 0 fully saturated rings. The first kappa shape index (κ1) is 15.1. The Morgan fingerprint density at radius 1 is 1.10 bits per heavy atom. The average Bonchev–Trinajstić information content (AvgIpc) is 2.41. The molecule has 0 saturated carbocycles. The number of amides is 1. The SMILES string of the molecule is CC(C)(C)c1ccc(O)c(NC(=O)Cc2ccccc2)c1. The number of hydrogen-bond donors (Lipinski definition) is 2. The van der Waals surface area contributed by atoms with Gasteiger partial charge in [-0.3, -0.25) is 4.79 Å². The minimum absolute atomic E-state index is 0.0351. The van der Waals surface area contributed by atoms with E-state index in [1.807, 2.05) is 42.5 Å². The van der Waals surface area contributed by atoms with Crippen LogP contribution >= 0.6 is 0 Å². The van der Waals surface area contributed by atoms with E-state index in [9.17, 15) is 9.90 Å². The molecule has 0 radical (unpaired) electrons. The van der Waals surface area contributed by atoms with E-state index >= 15 is 0 Å². The number of nitrogens with one attached hydrogen (secondary N) is 1. The first-order chi connectivity index (χ1) is 9.86. The normalized spacial score (nSPS) is 11.2. The Balaban J connectivity index is 2.14. The number of carbonyl (C=O) groups excluding carboxylic acids is 1. The number of phenolic OH excluding ortho intramolecular Hbond substituents is 1. The number of anilines is 1. The van der Waals surface area contributed by atoms with Crippen LogP contribution in [0, 0.1) is 0 Å². The van der Waals surface area contributed by atoms with Gasteiger partial charge in [-0.25, -0.2) is 0 Å². The van der Waals surface area contributed by atoms with E-state index in [1.165, 1.54) is 0 Å². The lowest BCUT2D eigenvalue weighted by molar-refractivity contribution is -0.115. The highest BCUT2D eigenvalue weighted by atomic mass is 16.3. The van der Waals surface area contributed by atoms with Crippen LogP contribution in [-0.4, -0.2) is 11.0 Å². The molecule has 0 aliphatic rings. The van der Waals surface area contributed by atoms with Crippen molar-refractivity contribution in [2.24, 2.45) is 0 Å². The molecule has 0 unspecified atom stereocenters. The fraction of sp³-hybridized carbons (Fsp3) is 0.278. The monoisotopic (exact) mass is 283 g/mol. The van der Waals surface area contributed by atoms with E-state index < -0.39 is 0 Å². The molecule has 1 amide bonds. The van der Waals surface area contributed by atoms with Crippen molar-refractivity contribution in [2.45, 2.75) is 32.6 Å². The first-order valence-electron chi connectivity index (χ1n) is 7.03. The number of aromatic hydroxyl groups is 1. The summed E-state index contributed by atoms with van der Waals surface area (Å²) in [7, 11) is 0. The maximum atomic E-state index is 12.1. The van der Waals surface area contributed by atoms with Gasteiger partial charge < -0.3 is 10.4 Å². The van der Waals surface area contributed by atoms with Crippen LogP contribution in [-0.2, 0) is 16.6 Å². The molecule has 0 aromatic heterocycles. The summed E-state index contributed by atoms with van der Waals surface area (Å²) in [6, 6.07) is 14.9. The third-order valence-electron chi connectivity index (χ3n) is 3.34. The van der Waals surface area contributed by atoms with E-state index in [-0.39, 0.29) is 17.1 Å². The predicted molar refractivity (Wildman–Crippen MR) is 85.6 cm³/mol. The van der Waals surface area contributed by atoms with Crippen molar-refractivity contribution in [3.05, 3.63) is 59.7 Å².